The average molecular weight is 365 g/mol. The Morgan fingerprint density at radius 2 is 1.91 bits per heavy atom. The molecule has 22 heavy (non-hydrogen) atoms. The minimum Gasteiger partial charge on any atom is -0.444 e. The van der Waals surface area contributed by atoms with Gasteiger partial charge in [-0.2, -0.15) is 0 Å². The first-order valence-electron chi connectivity index (χ1n) is 6.81. The van der Waals surface area contributed by atoms with Crippen LogP contribution in [-0.2, 0) is 4.79 Å². The van der Waals surface area contributed by atoms with Gasteiger partial charge >= 0.3 is 0 Å². The highest BCUT2D eigenvalue weighted by atomic mass is 79.9. The van der Waals surface area contributed by atoms with Crippen LogP contribution in [0.25, 0.3) is 0 Å². The maximum absolute atomic E-state index is 12.2. The number of halogens is 1. The fourth-order valence-electron chi connectivity index (χ4n) is 1.88. The van der Waals surface area contributed by atoms with Gasteiger partial charge in [0.2, 0.25) is 5.91 Å². The van der Waals surface area contributed by atoms with Gasteiger partial charge in [-0.05, 0) is 66.0 Å². The van der Waals surface area contributed by atoms with Gasteiger partial charge in [-0.3, -0.25) is 9.59 Å². The van der Waals surface area contributed by atoms with Crippen LogP contribution in [-0.4, -0.2) is 17.9 Å². The summed E-state index contributed by atoms with van der Waals surface area (Å²) in [5.41, 5.74) is 2.76. The number of rotatable bonds is 4. The lowest BCUT2D eigenvalue weighted by Crippen LogP contribution is -2.41. The van der Waals surface area contributed by atoms with E-state index in [4.69, 9.17) is 4.42 Å². The molecular formula is C16H17BrN2O3. The Morgan fingerprint density at radius 1 is 1.18 bits per heavy atom. The minimum absolute atomic E-state index is 0.151. The van der Waals surface area contributed by atoms with Crippen molar-refractivity contribution < 1.29 is 14.0 Å². The molecule has 1 atom stereocenters. The Hall–Kier alpha value is -2.08. The van der Waals surface area contributed by atoms with Crippen LogP contribution in [0.5, 0.6) is 0 Å². The normalized spacial score (nSPS) is 11.8. The Kier molecular flexibility index (Phi) is 5.03. The summed E-state index contributed by atoms with van der Waals surface area (Å²) >= 11 is 3.13. The molecule has 116 valence electrons. The second kappa shape index (κ2) is 6.79. The van der Waals surface area contributed by atoms with Crippen LogP contribution < -0.4 is 10.6 Å². The zero-order valence-electron chi connectivity index (χ0n) is 12.6. The van der Waals surface area contributed by atoms with Crippen LogP contribution in [0, 0.1) is 13.8 Å². The highest BCUT2D eigenvalue weighted by Gasteiger charge is 2.19. The molecule has 0 saturated heterocycles. The maximum Gasteiger partial charge on any atom is 0.287 e. The third kappa shape index (κ3) is 3.98. The summed E-state index contributed by atoms with van der Waals surface area (Å²) in [6, 6.07) is 8.28. The highest BCUT2D eigenvalue weighted by Crippen LogP contribution is 2.17. The van der Waals surface area contributed by atoms with Crippen LogP contribution >= 0.6 is 15.9 Å². The summed E-state index contributed by atoms with van der Waals surface area (Å²) in [6.45, 7) is 5.49. The molecule has 0 fully saturated rings. The van der Waals surface area contributed by atoms with E-state index in [0.717, 1.165) is 16.8 Å². The zero-order chi connectivity index (χ0) is 16.3. The van der Waals surface area contributed by atoms with Crippen molar-refractivity contribution in [1.29, 1.82) is 0 Å². The van der Waals surface area contributed by atoms with E-state index in [1.165, 1.54) is 6.07 Å². The van der Waals surface area contributed by atoms with E-state index in [9.17, 15) is 9.59 Å². The second-order valence-corrected chi connectivity index (χ2v) is 5.89. The van der Waals surface area contributed by atoms with Gasteiger partial charge in [-0.15, -0.1) is 0 Å². The second-order valence-electron chi connectivity index (χ2n) is 5.11. The molecule has 0 unspecified atom stereocenters. The number of anilines is 1. The topological polar surface area (TPSA) is 71.3 Å². The quantitative estimate of drug-likeness (QED) is 0.872. The number of aryl methyl sites for hydroxylation is 2. The van der Waals surface area contributed by atoms with E-state index in [-0.39, 0.29) is 11.7 Å². The SMILES string of the molecule is Cc1ccc(C)c(NC(=O)[C@H](C)NC(=O)c2ccc(Br)o2)c1. The van der Waals surface area contributed by atoms with Crippen molar-refractivity contribution >= 4 is 33.4 Å². The van der Waals surface area contributed by atoms with Crippen molar-refractivity contribution in [3.63, 3.8) is 0 Å². The van der Waals surface area contributed by atoms with E-state index in [1.807, 2.05) is 32.0 Å². The Labute approximate surface area is 137 Å². The first-order chi connectivity index (χ1) is 10.4. The largest absolute Gasteiger partial charge is 0.444 e. The van der Waals surface area contributed by atoms with Gasteiger partial charge in [0, 0.05) is 5.69 Å². The van der Waals surface area contributed by atoms with Crippen LogP contribution in [0.15, 0.2) is 39.4 Å². The third-order valence-electron chi connectivity index (χ3n) is 3.19. The number of benzene rings is 1. The van der Waals surface area contributed by atoms with E-state index in [1.54, 1.807) is 13.0 Å². The highest BCUT2D eigenvalue weighted by molar-refractivity contribution is 9.10. The van der Waals surface area contributed by atoms with Crippen molar-refractivity contribution in [2.24, 2.45) is 0 Å². The van der Waals surface area contributed by atoms with Crippen molar-refractivity contribution in [3.8, 4) is 0 Å². The number of carbonyl (C=O) groups excluding carboxylic acids is 2. The average Bonchev–Trinajstić information content (AvgIpc) is 2.89. The minimum atomic E-state index is -0.684. The molecule has 5 nitrogen and oxygen atoms in total. The van der Waals surface area contributed by atoms with Crippen LogP contribution in [0.4, 0.5) is 5.69 Å². The number of amides is 2. The van der Waals surface area contributed by atoms with Crippen LogP contribution in [0.3, 0.4) is 0 Å². The number of hydrogen-bond donors (Lipinski definition) is 2. The molecule has 0 saturated carbocycles. The number of nitrogens with one attached hydrogen (secondary N) is 2. The van der Waals surface area contributed by atoms with Crippen molar-refractivity contribution in [2.45, 2.75) is 26.8 Å². The molecule has 0 radical (unpaired) electrons. The predicted molar refractivity (Wildman–Crippen MR) is 87.9 cm³/mol. The molecule has 2 N–H and O–H groups in total. The molecule has 2 amide bonds. The summed E-state index contributed by atoms with van der Waals surface area (Å²) in [5, 5.41) is 5.42. The monoisotopic (exact) mass is 364 g/mol. The summed E-state index contributed by atoms with van der Waals surface area (Å²) < 4.78 is 5.62. The zero-order valence-corrected chi connectivity index (χ0v) is 14.2. The first kappa shape index (κ1) is 16.3. The van der Waals surface area contributed by atoms with Gasteiger partial charge in [-0.25, -0.2) is 0 Å². The lowest BCUT2D eigenvalue weighted by atomic mass is 10.1. The Balaban J connectivity index is 2.00. The summed E-state index contributed by atoms with van der Waals surface area (Å²) in [5.74, 6) is -0.569. The molecule has 0 bridgehead atoms. The van der Waals surface area contributed by atoms with E-state index < -0.39 is 11.9 Å². The van der Waals surface area contributed by atoms with Gasteiger partial charge in [0.1, 0.15) is 6.04 Å². The molecule has 1 aromatic carbocycles. The van der Waals surface area contributed by atoms with Gasteiger partial charge in [-0.1, -0.05) is 12.1 Å². The number of furan rings is 1. The van der Waals surface area contributed by atoms with Gasteiger partial charge in [0.15, 0.2) is 10.4 Å². The van der Waals surface area contributed by atoms with Gasteiger partial charge in [0.25, 0.3) is 5.91 Å². The third-order valence-corrected chi connectivity index (χ3v) is 3.62. The smallest absolute Gasteiger partial charge is 0.287 e. The first-order valence-corrected chi connectivity index (χ1v) is 7.60. The summed E-state index contributed by atoms with van der Waals surface area (Å²) in [4.78, 5) is 24.1. The lowest BCUT2D eigenvalue weighted by Gasteiger charge is -2.15. The molecule has 1 aromatic heterocycles. The van der Waals surface area contributed by atoms with E-state index in [0.29, 0.717) is 4.67 Å². The standard InChI is InChI=1S/C16H17BrN2O3/c1-9-4-5-10(2)12(8-9)19-15(20)11(3)18-16(21)13-6-7-14(17)22-13/h4-8,11H,1-3H3,(H,18,21)(H,19,20)/t11-/m0/s1. The summed E-state index contributed by atoms with van der Waals surface area (Å²) in [6.07, 6.45) is 0. The molecule has 0 spiro atoms. The fourth-order valence-corrected chi connectivity index (χ4v) is 2.19. The molecule has 0 aliphatic heterocycles. The molecular weight excluding hydrogens is 348 g/mol. The predicted octanol–water partition coefficient (Wildman–Crippen LogP) is 3.42. The number of carbonyl (C=O) groups is 2. The van der Waals surface area contributed by atoms with Crippen molar-refractivity contribution in [1.82, 2.24) is 5.32 Å². The molecule has 0 aliphatic carbocycles. The molecule has 6 heteroatoms. The van der Waals surface area contributed by atoms with Gasteiger partial charge in [0.05, 0.1) is 0 Å². The molecule has 2 rings (SSSR count). The Morgan fingerprint density at radius 3 is 2.55 bits per heavy atom. The molecule has 1 heterocycles. The van der Waals surface area contributed by atoms with Gasteiger partial charge < -0.3 is 15.1 Å². The van der Waals surface area contributed by atoms with E-state index >= 15 is 0 Å². The maximum atomic E-state index is 12.2. The fraction of sp³-hybridized carbons (Fsp3) is 0.250. The van der Waals surface area contributed by atoms with Crippen LogP contribution in [0.1, 0.15) is 28.6 Å². The summed E-state index contributed by atoms with van der Waals surface area (Å²) in [7, 11) is 0. The van der Waals surface area contributed by atoms with Crippen molar-refractivity contribution in [3.05, 3.63) is 51.9 Å². The van der Waals surface area contributed by atoms with Crippen LogP contribution in [0.2, 0.25) is 0 Å². The number of hydrogen-bond acceptors (Lipinski definition) is 3. The van der Waals surface area contributed by atoms with Crippen molar-refractivity contribution in [2.75, 3.05) is 5.32 Å². The lowest BCUT2D eigenvalue weighted by molar-refractivity contribution is -0.117. The molecule has 2 aromatic rings. The van der Waals surface area contributed by atoms with E-state index in [2.05, 4.69) is 26.6 Å². The Bertz CT molecular complexity index is 709. The molecule has 0 aliphatic rings.